The molecule has 7 nitrogen and oxygen atoms in total. The van der Waals surface area contributed by atoms with Crippen molar-refractivity contribution in [2.45, 2.75) is 17.4 Å². The average molecular weight is 495 g/mol. The molecular formula is C26H23FN2O5S. The molecule has 3 aromatic carbocycles. The van der Waals surface area contributed by atoms with Crippen LogP contribution in [0.1, 0.15) is 37.9 Å². The first-order valence-corrected chi connectivity index (χ1v) is 12.7. The van der Waals surface area contributed by atoms with E-state index in [2.05, 4.69) is 0 Å². The highest BCUT2D eigenvalue weighted by Gasteiger charge is 2.32. The van der Waals surface area contributed by atoms with E-state index in [4.69, 9.17) is 4.74 Å². The molecule has 9 heteroatoms. The molecule has 1 saturated heterocycles. The number of benzene rings is 3. The predicted octanol–water partition coefficient (Wildman–Crippen LogP) is 3.43. The molecule has 1 atom stereocenters. The number of nitrogens with zero attached hydrogens (tertiary/aromatic N) is 2. The Bertz CT molecular complexity index is 1390. The molecule has 35 heavy (non-hydrogen) atoms. The highest BCUT2D eigenvalue weighted by Crippen LogP contribution is 2.31. The van der Waals surface area contributed by atoms with E-state index in [1.807, 2.05) is 30.3 Å². The molecule has 1 fully saturated rings. The maximum atomic E-state index is 13.5. The fourth-order valence-corrected chi connectivity index (χ4v) is 5.93. The summed E-state index contributed by atoms with van der Waals surface area (Å²) in [6.45, 7) is 0.633. The predicted molar refractivity (Wildman–Crippen MR) is 126 cm³/mol. The SMILES string of the molecule is O=C1O[C@H](c2ccccc2)Cc2cc(C(=O)N3CCN(S(=O)(=O)c4cccc(F)c4)CC3)ccc21. The summed E-state index contributed by atoms with van der Waals surface area (Å²) in [6.07, 6.45) is 0.0457. The fraction of sp³-hybridized carbons (Fsp3) is 0.231. The van der Waals surface area contributed by atoms with Gasteiger partial charge in [-0.1, -0.05) is 36.4 Å². The van der Waals surface area contributed by atoms with Crippen molar-refractivity contribution in [3.63, 3.8) is 0 Å². The van der Waals surface area contributed by atoms with E-state index in [0.29, 0.717) is 17.5 Å². The minimum absolute atomic E-state index is 0.105. The van der Waals surface area contributed by atoms with Crippen LogP contribution in [-0.2, 0) is 21.2 Å². The molecule has 0 bridgehead atoms. The number of carbonyl (C=O) groups excluding carboxylic acids is 2. The van der Waals surface area contributed by atoms with E-state index in [1.165, 1.54) is 22.5 Å². The molecule has 0 spiro atoms. The van der Waals surface area contributed by atoms with Gasteiger partial charge >= 0.3 is 5.97 Å². The minimum atomic E-state index is -3.85. The number of ether oxygens (including phenoxy) is 1. The normalized spacial score (nSPS) is 18.6. The van der Waals surface area contributed by atoms with E-state index in [1.54, 1.807) is 23.1 Å². The third kappa shape index (κ3) is 4.56. The third-order valence-corrected chi connectivity index (χ3v) is 8.25. The molecule has 2 aliphatic rings. The van der Waals surface area contributed by atoms with Gasteiger partial charge in [-0.15, -0.1) is 0 Å². The second-order valence-corrected chi connectivity index (χ2v) is 10.5. The lowest BCUT2D eigenvalue weighted by Crippen LogP contribution is -2.50. The van der Waals surface area contributed by atoms with Crippen molar-refractivity contribution in [1.29, 1.82) is 0 Å². The second kappa shape index (κ2) is 9.24. The van der Waals surface area contributed by atoms with Gasteiger partial charge in [0.25, 0.3) is 5.91 Å². The number of cyclic esters (lactones) is 1. The largest absolute Gasteiger partial charge is 0.454 e. The smallest absolute Gasteiger partial charge is 0.339 e. The number of esters is 1. The van der Waals surface area contributed by atoms with Gasteiger partial charge in [0.2, 0.25) is 10.0 Å². The lowest BCUT2D eigenvalue weighted by atomic mass is 9.93. The van der Waals surface area contributed by atoms with Gasteiger partial charge in [0, 0.05) is 38.2 Å². The zero-order valence-electron chi connectivity index (χ0n) is 18.8. The number of piperazine rings is 1. The number of hydrogen-bond donors (Lipinski definition) is 0. The summed E-state index contributed by atoms with van der Waals surface area (Å²) in [5, 5.41) is 0. The van der Waals surface area contributed by atoms with Crippen molar-refractivity contribution in [2.75, 3.05) is 26.2 Å². The molecule has 0 aromatic heterocycles. The number of sulfonamides is 1. The number of carbonyl (C=O) groups is 2. The fourth-order valence-electron chi connectivity index (χ4n) is 4.47. The minimum Gasteiger partial charge on any atom is -0.454 e. The van der Waals surface area contributed by atoms with E-state index < -0.39 is 27.9 Å². The Morgan fingerprint density at radius 1 is 0.914 bits per heavy atom. The number of hydrogen-bond acceptors (Lipinski definition) is 5. The molecule has 1 amide bonds. The summed E-state index contributed by atoms with van der Waals surface area (Å²) in [4.78, 5) is 27.2. The molecule has 3 aromatic rings. The number of fused-ring (bicyclic) bond motifs is 1. The second-order valence-electron chi connectivity index (χ2n) is 8.53. The van der Waals surface area contributed by atoms with Crippen molar-refractivity contribution < 1.29 is 27.1 Å². The quantitative estimate of drug-likeness (QED) is 0.519. The molecule has 0 radical (unpaired) electrons. The third-order valence-electron chi connectivity index (χ3n) is 6.36. The molecule has 2 aliphatic heterocycles. The summed E-state index contributed by atoms with van der Waals surface area (Å²) >= 11 is 0. The van der Waals surface area contributed by atoms with Crippen molar-refractivity contribution in [3.05, 3.63) is 101 Å². The highest BCUT2D eigenvalue weighted by atomic mass is 32.2. The van der Waals surface area contributed by atoms with Gasteiger partial charge in [-0.3, -0.25) is 4.79 Å². The molecule has 0 saturated carbocycles. The maximum Gasteiger partial charge on any atom is 0.339 e. The van der Waals surface area contributed by atoms with Crippen LogP contribution < -0.4 is 0 Å². The first kappa shape index (κ1) is 23.2. The molecular weight excluding hydrogens is 471 g/mol. The zero-order valence-corrected chi connectivity index (χ0v) is 19.6. The summed E-state index contributed by atoms with van der Waals surface area (Å²) < 4.78 is 46.0. The Balaban J connectivity index is 1.29. The Morgan fingerprint density at radius 2 is 1.66 bits per heavy atom. The molecule has 180 valence electrons. The van der Waals surface area contributed by atoms with Crippen LogP contribution in [0.3, 0.4) is 0 Å². The standard InChI is InChI=1S/C26H23FN2O5S/c27-21-7-4-8-22(17-21)35(32,33)29-13-11-28(12-14-29)25(30)19-9-10-23-20(15-19)16-24(34-26(23)31)18-5-2-1-3-6-18/h1-10,15,17,24H,11-14,16H2/t24-/m0/s1. The van der Waals surface area contributed by atoms with Gasteiger partial charge in [0.1, 0.15) is 11.9 Å². The van der Waals surface area contributed by atoms with E-state index in [0.717, 1.165) is 17.2 Å². The van der Waals surface area contributed by atoms with Crippen LogP contribution in [0.4, 0.5) is 4.39 Å². The van der Waals surface area contributed by atoms with Gasteiger partial charge in [-0.2, -0.15) is 4.31 Å². The summed E-state index contributed by atoms with van der Waals surface area (Å²) in [6, 6.07) is 19.3. The van der Waals surface area contributed by atoms with Gasteiger partial charge in [-0.05, 0) is 47.5 Å². The first-order valence-electron chi connectivity index (χ1n) is 11.3. The Morgan fingerprint density at radius 3 is 2.37 bits per heavy atom. The molecule has 0 N–H and O–H groups in total. The van der Waals surface area contributed by atoms with Gasteiger partial charge < -0.3 is 9.64 Å². The Labute approximate surface area is 202 Å². The summed E-state index contributed by atoms with van der Waals surface area (Å²) in [5.41, 5.74) is 2.51. The molecule has 0 aliphatic carbocycles. The van der Waals surface area contributed by atoms with Crippen LogP contribution in [0.15, 0.2) is 77.7 Å². The lowest BCUT2D eigenvalue weighted by molar-refractivity contribution is 0.0252. The lowest BCUT2D eigenvalue weighted by Gasteiger charge is -2.34. The molecule has 5 rings (SSSR count). The Kier molecular flexibility index (Phi) is 6.12. The van der Waals surface area contributed by atoms with Gasteiger partial charge in [0.15, 0.2) is 0 Å². The highest BCUT2D eigenvalue weighted by molar-refractivity contribution is 7.89. The zero-order chi connectivity index (χ0) is 24.6. The van der Waals surface area contributed by atoms with Crippen LogP contribution in [0.5, 0.6) is 0 Å². The topological polar surface area (TPSA) is 84.0 Å². The van der Waals surface area contributed by atoms with Crippen molar-refractivity contribution in [3.8, 4) is 0 Å². The summed E-state index contributed by atoms with van der Waals surface area (Å²) in [5.74, 6) is -1.27. The maximum absolute atomic E-state index is 13.5. The van der Waals surface area contributed by atoms with Crippen LogP contribution in [0.2, 0.25) is 0 Å². The average Bonchev–Trinajstić information content (AvgIpc) is 2.88. The number of halogens is 1. The van der Waals surface area contributed by atoms with Crippen molar-refractivity contribution in [2.24, 2.45) is 0 Å². The molecule has 2 heterocycles. The van der Waals surface area contributed by atoms with Crippen LogP contribution in [0, 0.1) is 5.82 Å². The van der Waals surface area contributed by atoms with Gasteiger partial charge in [0.05, 0.1) is 10.5 Å². The monoisotopic (exact) mass is 494 g/mol. The van der Waals surface area contributed by atoms with Crippen LogP contribution in [0.25, 0.3) is 0 Å². The van der Waals surface area contributed by atoms with E-state index in [-0.39, 0.29) is 37.0 Å². The first-order chi connectivity index (χ1) is 16.8. The van der Waals surface area contributed by atoms with E-state index in [9.17, 15) is 22.4 Å². The van der Waals surface area contributed by atoms with E-state index >= 15 is 0 Å². The van der Waals surface area contributed by atoms with Crippen molar-refractivity contribution >= 4 is 21.9 Å². The Hall–Kier alpha value is -3.56. The van der Waals surface area contributed by atoms with Crippen LogP contribution in [-0.4, -0.2) is 55.7 Å². The van der Waals surface area contributed by atoms with Crippen LogP contribution >= 0.6 is 0 Å². The number of rotatable bonds is 4. The summed E-state index contributed by atoms with van der Waals surface area (Å²) in [7, 11) is -3.85. The van der Waals surface area contributed by atoms with Gasteiger partial charge in [-0.25, -0.2) is 17.6 Å². The number of amides is 1. The molecule has 0 unspecified atom stereocenters. The van der Waals surface area contributed by atoms with Crippen molar-refractivity contribution in [1.82, 2.24) is 9.21 Å².